The Balaban J connectivity index is 2.63. The van der Waals surface area contributed by atoms with Crippen molar-refractivity contribution in [3.63, 3.8) is 0 Å². The van der Waals surface area contributed by atoms with E-state index in [1.54, 1.807) is 14.0 Å². The molecule has 1 aromatic carbocycles. The van der Waals surface area contributed by atoms with Gasteiger partial charge in [-0.25, -0.2) is 0 Å². The van der Waals surface area contributed by atoms with Crippen LogP contribution in [-0.4, -0.2) is 30.2 Å². The molecule has 0 fully saturated rings. The summed E-state index contributed by atoms with van der Waals surface area (Å²) in [7, 11) is 1.59. The van der Waals surface area contributed by atoms with E-state index in [0.29, 0.717) is 23.5 Å². The Morgan fingerprint density at radius 2 is 1.89 bits per heavy atom. The highest BCUT2D eigenvalue weighted by molar-refractivity contribution is 6.03. The zero-order valence-corrected chi connectivity index (χ0v) is 12.1. The number of fused-ring (bicyclic) bond motifs is 1. The summed E-state index contributed by atoms with van der Waals surface area (Å²) < 4.78 is 11.2. The van der Waals surface area contributed by atoms with E-state index in [0.717, 1.165) is 11.1 Å². The fraction of sp³-hybridized carbons (Fsp3) is 0.533. The van der Waals surface area contributed by atoms with E-state index in [2.05, 4.69) is 0 Å². The first kappa shape index (κ1) is 13.9. The molecule has 2 rings (SSSR count). The van der Waals surface area contributed by atoms with Crippen molar-refractivity contribution < 1.29 is 19.4 Å². The van der Waals surface area contributed by atoms with Crippen molar-refractivity contribution in [2.75, 3.05) is 13.7 Å². The van der Waals surface area contributed by atoms with Gasteiger partial charge in [-0.05, 0) is 38.8 Å². The predicted molar refractivity (Wildman–Crippen MR) is 72.2 cm³/mol. The molecule has 0 aliphatic carbocycles. The van der Waals surface area contributed by atoms with Gasteiger partial charge < -0.3 is 14.6 Å². The number of phenols is 1. The number of Topliss-reactive ketones (excluding diaryl/α,β-unsaturated/α-hetero) is 1. The zero-order chi connectivity index (χ0) is 14.4. The van der Waals surface area contributed by atoms with Crippen LogP contribution in [0.1, 0.15) is 40.4 Å². The number of ketones is 1. The van der Waals surface area contributed by atoms with Crippen molar-refractivity contribution in [3.05, 3.63) is 22.3 Å². The van der Waals surface area contributed by atoms with Crippen molar-refractivity contribution >= 4 is 5.78 Å². The van der Waals surface area contributed by atoms with Crippen LogP contribution in [0.3, 0.4) is 0 Å². The van der Waals surface area contributed by atoms with E-state index < -0.39 is 5.60 Å². The first-order chi connectivity index (χ1) is 8.80. The molecule has 19 heavy (non-hydrogen) atoms. The van der Waals surface area contributed by atoms with Gasteiger partial charge in [0.2, 0.25) is 0 Å². The van der Waals surface area contributed by atoms with Crippen molar-refractivity contribution in [2.24, 2.45) is 0 Å². The number of hydrogen-bond acceptors (Lipinski definition) is 4. The number of aromatic hydroxyl groups is 1. The van der Waals surface area contributed by atoms with Gasteiger partial charge in [0, 0.05) is 12.7 Å². The Morgan fingerprint density at radius 1 is 1.26 bits per heavy atom. The highest BCUT2D eigenvalue weighted by atomic mass is 16.5. The average Bonchev–Trinajstić information content (AvgIpc) is 2.33. The fourth-order valence-corrected chi connectivity index (χ4v) is 2.67. The maximum Gasteiger partial charge on any atom is 0.171 e. The van der Waals surface area contributed by atoms with Crippen LogP contribution in [0.5, 0.6) is 11.5 Å². The summed E-state index contributed by atoms with van der Waals surface area (Å²) in [5.41, 5.74) is 2.04. The molecule has 1 N–H and O–H groups in total. The molecule has 1 aliphatic heterocycles. The Labute approximate surface area is 113 Å². The quantitative estimate of drug-likeness (QED) is 0.892. The van der Waals surface area contributed by atoms with Crippen LogP contribution in [0.25, 0.3) is 0 Å². The van der Waals surface area contributed by atoms with Gasteiger partial charge in [0.25, 0.3) is 0 Å². The van der Waals surface area contributed by atoms with E-state index in [1.165, 1.54) is 0 Å². The van der Waals surface area contributed by atoms with Gasteiger partial charge in [-0.15, -0.1) is 0 Å². The highest BCUT2D eigenvalue weighted by Gasteiger charge is 2.39. The molecule has 1 atom stereocenters. The van der Waals surface area contributed by atoms with Crippen LogP contribution in [0.2, 0.25) is 0 Å². The molecule has 1 heterocycles. The number of carbonyl (C=O) groups is 1. The number of rotatable bonds is 2. The summed E-state index contributed by atoms with van der Waals surface area (Å²) in [4.78, 5) is 12.4. The van der Waals surface area contributed by atoms with E-state index in [-0.39, 0.29) is 18.0 Å². The van der Waals surface area contributed by atoms with Crippen LogP contribution in [-0.2, 0) is 4.74 Å². The van der Waals surface area contributed by atoms with Gasteiger partial charge in [-0.2, -0.15) is 0 Å². The molecule has 1 aromatic rings. The molecule has 0 aromatic heterocycles. The largest absolute Gasteiger partial charge is 0.507 e. The van der Waals surface area contributed by atoms with E-state index >= 15 is 0 Å². The topological polar surface area (TPSA) is 55.8 Å². The molecule has 0 saturated heterocycles. The number of carbonyl (C=O) groups excluding carboxylic acids is 1. The number of benzene rings is 1. The molecule has 0 radical (unpaired) electrons. The Bertz CT molecular complexity index is 548. The Hall–Kier alpha value is -1.55. The molecule has 0 bridgehead atoms. The lowest BCUT2D eigenvalue weighted by Gasteiger charge is -2.36. The lowest BCUT2D eigenvalue weighted by Crippen LogP contribution is -2.43. The van der Waals surface area contributed by atoms with Crippen molar-refractivity contribution in [1.29, 1.82) is 0 Å². The third kappa shape index (κ3) is 2.10. The summed E-state index contributed by atoms with van der Waals surface area (Å²) in [5.74, 6) is 0.767. The second-order valence-electron chi connectivity index (χ2n) is 5.51. The number of hydrogen-bond donors (Lipinski definition) is 1. The summed E-state index contributed by atoms with van der Waals surface area (Å²) in [6.07, 6.45) is 0.261. The first-order valence-electron chi connectivity index (χ1n) is 6.34. The third-order valence-electron chi connectivity index (χ3n) is 3.83. The van der Waals surface area contributed by atoms with Crippen molar-refractivity contribution in [1.82, 2.24) is 0 Å². The lowest BCUT2D eigenvalue weighted by molar-refractivity contribution is -0.00645. The molecular weight excluding hydrogens is 244 g/mol. The Kier molecular flexibility index (Phi) is 3.31. The maximum absolute atomic E-state index is 12.4. The monoisotopic (exact) mass is 264 g/mol. The standard InChI is InChI=1S/C15H20O4/c1-8-9(2)14-12(10(3)13(8)17)11(16)6-15(4,19-14)7-18-5/h17H,6-7H2,1-5H3. The first-order valence-corrected chi connectivity index (χ1v) is 6.34. The molecule has 1 aliphatic rings. The molecule has 104 valence electrons. The van der Waals surface area contributed by atoms with Crippen LogP contribution < -0.4 is 4.74 Å². The second-order valence-corrected chi connectivity index (χ2v) is 5.51. The summed E-state index contributed by atoms with van der Waals surface area (Å²) in [5, 5.41) is 10.1. The predicted octanol–water partition coefficient (Wildman–Crippen LogP) is 2.69. The van der Waals surface area contributed by atoms with E-state index in [4.69, 9.17) is 9.47 Å². The lowest BCUT2D eigenvalue weighted by atomic mass is 9.86. The number of methoxy groups -OCH3 is 1. The Morgan fingerprint density at radius 3 is 2.47 bits per heavy atom. The summed E-state index contributed by atoms with van der Waals surface area (Å²) in [6, 6.07) is 0. The van der Waals surface area contributed by atoms with Gasteiger partial charge in [0.1, 0.15) is 17.1 Å². The normalized spacial score (nSPS) is 22.1. The maximum atomic E-state index is 12.4. The van der Waals surface area contributed by atoms with Crippen LogP contribution in [0.4, 0.5) is 0 Å². The minimum atomic E-state index is -0.639. The SMILES string of the molecule is COCC1(C)CC(=O)c2c(C)c(O)c(C)c(C)c2O1. The smallest absolute Gasteiger partial charge is 0.171 e. The number of phenolic OH excluding ortho intramolecular Hbond substituents is 1. The van der Waals surface area contributed by atoms with Gasteiger partial charge in [0.15, 0.2) is 5.78 Å². The highest BCUT2D eigenvalue weighted by Crippen LogP contribution is 2.43. The van der Waals surface area contributed by atoms with E-state index in [9.17, 15) is 9.90 Å². The average molecular weight is 264 g/mol. The molecule has 0 amide bonds. The summed E-state index contributed by atoms with van der Waals surface area (Å²) >= 11 is 0. The molecule has 4 heteroatoms. The van der Waals surface area contributed by atoms with Crippen LogP contribution in [0.15, 0.2) is 0 Å². The summed E-state index contributed by atoms with van der Waals surface area (Å²) in [6.45, 7) is 7.67. The third-order valence-corrected chi connectivity index (χ3v) is 3.83. The minimum absolute atomic E-state index is 0.00306. The minimum Gasteiger partial charge on any atom is -0.507 e. The van der Waals surface area contributed by atoms with E-state index in [1.807, 2.05) is 20.8 Å². The van der Waals surface area contributed by atoms with Gasteiger partial charge >= 0.3 is 0 Å². The number of ether oxygens (including phenoxy) is 2. The zero-order valence-electron chi connectivity index (χ0n) is 12.1. The van der Waals surface area contributed by atoms with Crippen molar-refractivity contribution in [2.45, 2.75) is 39.7 Å². The second kappa shape index (κ2) is 4.53. The van der Waals surface area contributed by atoms with Gasteiger partial charge in [-0.3, -0.25) is 4.79 Å². The van der Waals surface area contributed by atoms with Crippen molar-refractivity contribution in [3.8, 4) is 11.5 Å². The van der Waals surface area contributed by atoms with Crippen LogP contribution in [0, 0.1) is 20.8 Å². The fourth-order valence-electron chi connectivity index (χ4n) is 2.67. The van der Waals surface area contributed by atoms with Crippen LogP contribution >= 0.6 is 0 Å². The molecule has 0 spiro atoms. The molecule has 4 nitrogen and oxygen atoms in total. The molecule has 1 unspecified atom stereocenters. The van der Waals surface area contributed by atoms with Gasteiger partial charge in [-0.1, -0.05) is 0 Å². The molecule has 0 saturated carbocycles. The van der Waals surface area contributed by atoms with Gasteiger partial charge in [0.05, 0.1) is 18.6 Å². The molecular formula is C15H20O4.